The smallest absolute Gasteiger partial charge is 0.271 e. The van der Waals surface area contributed by atoms with Crippen molar-refractivity contribution in [1.29, 1.82) is 0 Å². The monoisotopic (exact) mass is 610 g/mol. The Hall–Kier alpha value is -3.55. The van der Waals surface area contributed by atoms with Crippen molar-refractivity contribution in [2.24, 2.45) is 0 Å². The zero-order chi connectivity index (χ0) is 29.9. The molecule has 3 aromatic heterocycles. The van der Waals surface area contributed by atoms with Crippen LogP contribution in [0.2, 0.25) is 0 Å². The number of carbonyl (C=O) groups is 1. The highest BCUT2D eigenvalue weighted by atomic mass is 32.1. The van der Waals surface area contributed by atoms with Crippen molar-refractivity contribution in [3.05, 3.63) is 41.2 Å². The van der Waals surface area contributed by atoms with Crippen LogP contribution >= 0.6 is 11.3 Å². The molecule has 0 unspecified atom stereocenters. The molecular formula is C30H39FN8O3S. The molecule has 230 valence electrons. The average Bonchev–Trinajstić information content (AvgIpc) is 3.77. The van der Waals surface area contributed by atoms with E-state index in [0.717, 1.165) is 72.9 Å². The van der Waals surface area contributed by atoms with E-state index in [0.29, 0.717) is 30.4 Å². The molecule has 13 heteroatoms. The fourth-order valence-electron chi connectivity index (χ4n) is 5.97. The van der Waals surface area contributed by atoms with Crippen molar-refractivity contribution >= 4 is 39.0 Å². The first-order valence-electron chi connectivity index (χ1n) is 15.0. The molecule has 2 atom stereocenters. The third kappa shape index (κ3) is 6.38. The number of alkyl halides is 1. The number of hydrogen-bond acceptors (Lipinski definition) is 10. The van der Waals surface area contributed by atoms with Crippen LogP contribution in [0.25, 0.3) is 22.4 Å². The van der Waals surface area contributed by atoms with E-state index in [-0.39, 0.29) is 24.6 Å². The number of nitrogens with zero attached hydrogens (tertiary/aromatic N) is 6. The average molecular weight is 611 g/mol. The zero-order valence-electron chi connectivity index (χ0n) is 24.9. The lowest BCUT2D eigenvalue weighted by Gasteiger charge is -2.30. The van der Waals surface area contributed by atoms with Crippen LogP contribution in [0, 0.1) is 0 Å². The number of methoxy groups -OCH3 is 1. The van der Waals surface area contributed by atoms with E-state index < -0.39 is 6.17 Å². The highest BCUT2D eigenvalue weighted by Gasteiger charge is 2.27. The van der Waals surface area contributed by atoms with Gasteiger partial charge in [-0.05, 0) is 64.4 Å². The summed E-state index contributed by atoms with van der Waals surface area (Å²) in [7, 11) is 3.79. The van der Waals surface area contributed by atoms with E-state index in [2.05, 4.69) is 47.0 Å². The van der Waals surface area contributed by atoms with Crippen molar-refractivity contribution in [2.45, 2.75) is 64.0 Å². The summed E-state index contributed by atoms with van der Waals surface area (Å²) in [6.45, 7) is 6.18. The van der Waals surface area contributed by atoms with E-state index in [1.54, 1.807) is 12.5 Å². The Morgan fingerprint density at radius 2 is 1.98 bits per heavy atom. The maximum Gasteiger partial charge on any atom is 0.271 e. The Bertz CT molecular complexity index is 1550. The van der Waals surface area contributed by atoms with E-state index in [9.17, 15) is 9.18 Å². The van der Waals surface area contributed by atoms with Gasteiger partial charge < -0.3 is 34.3 Å². The highest BCUT2D eigenvalue weighted by molar-refractivity contribution is 7.13. The van der Waals surface area contributed by atoms with Crippen LogP contribution in [0.5, 0.6) is 0 Å². The predicted molar refractivity (Wildman–Crippen MR) is 165 cm³/mol. The SMILES string of the molecule is CCn1c(-c2noc(CNC(=O)c3csc(N4CCC(OC)CC4)n3)n2)cc2c(N[C@@H]3CCN(C)CC[C@@H]3F)cccc21. The first-order valence-corrected chi connectivity index (χ1v) is 15.9. The second-order valence-electron chi connectivity index (χ2n) is 11.3. The second kappa shape index (κ2) is 13.0. The molecule has 4 aromatic rings. The predicted octanol–water partition coefficient (Wildman–Crippen LogP) is 4.56. The zero-order valence-corrected chi connectivity index (χ0v) is 25.7. The summed E-state index contributed by atoms with van der Waals surface area (Å²) in [6, 6.07) is 7.80. The van der Waals surface area contributed by atoms with Crippen LogP contribution in [-0.4, -0.2) is 89.2 Å². The number of benzene rings is 1. The lowest BCUT2D eigenvalue weighted by atomic mass is 10.1. The number of anilines is 2. The number of piperidine rings is 1. The fraction of sp³-hybridized carbons (Fsp3) is 0.533. The van der Waals surface area contributed by atoms with Gasteiger partial charge in [0.25, 0.3) is 5.91 Å². The lowest BCUT2D eigenvalue weighted by Crippen LogP contribution is -2.36. The normalized spacial score (nSPS) is 20.4. The molecular weight excluding hydrogens is 571 g/mol. The van der Waals surface area contributed by atoms with Gasteiger partial charge in [-0.15, -0.1) is 11.3 Å². The molecule has 5 heterocycles. The van der Waals surface area contributed by atoms with Crippen LogP contribution in [0.3, 0.4) is 0 Å². The first-order chi connectivity index (χ1) is 20.9. The topological polar surface area (TPSA) is 114 Å². The first kappa shape index (κ1) is 29.5. The molecule has 43 heavy (non-hydrogen) atoms. The lowest BCUT2D eigenvalue weighted by molar-refractivity contribution is 0.0818. The minimum absolute atomic E-state index is 0.0884. The Morgan fingerprint density at radius 3 is 2.77 bits per heavy atom. The molecule has 0 aliphatic carbocycles. The van der Waals surface area contributed by atoms with Gasteiger partial charge in [0, 0.05) is 49.7 Å². The van der Waals surface area contributed by atoms with Gasteiger partial charge in [0.2, 0.25) is 11.7 Å². The van der Waals surface area contributed by atoms with Crippen molar-refractivity contribution < 1.29 is 18.4 Å². The molecule has 0 spiro atoms. The van der Waals surface area contributed by atoms with E-state index in [1.165, 1.54) is 11.3 Å². The molecule has 2 fully saturated rings. The van der Waals surface area contributed by atoms with Crippen LogP contribution < -0.4 is 15.5 Å². The largest absolute Gasteiger partial charge is 0.381 e. The summed E-state index contributed by atoms with van der Waals surface area (Å²) < 4.78 is 28.1. The molecule has 2 N–H and O–H groups in total. The van der Waals surface area contributed by atoms with Crippen LogP contribution in [0.1, 0.15) is 49.0 Å². The molecule has 6 rings (SSSR count). The summed E-state index contributed by atoms with van der Waals surface area (Å²) in [5, 5.41) is 14.2. The van der Waals surface area contributed by atoms with Gasteiger partial charge in [0.15, 0.2) is 5.13 Å². The number of ether oxygens (including phenoxy) is 1. The maximum atomic E-state index is 15.0. The van der Waals surface area contributed by atoms with Gasteiger partial charge in [0.1, 0.15) is 11.9 Å². The van der Waals surface area contributed by atoms with Crippen LogP contribution in [-0.2, 0) is 17.8 Å². The summed E-state index contributed by atoms with van der Waals surface area (Å²) in [5.74, 6) is 0.445. The van der Waals surface area contributed by atoms with Gasteiger partial charge in [-0.3, -0.25) is 4.79 Å². The standard InChI is InChI=1S/C30H39FN8O3S/c1-4-39-25-7-5-6-22(33-23-11-13-37(2)12-10-21(23)31)20(25)16-26(39)28-35-27(42-36-28)17-32-29(40)24-18-43-30(34-24)38-14-8-19(41-3)9-15-38/h5-7,16,18-19,21,23,33H,4,8-15,17H2,1-3H3,(H,32,40)/t21-,23+/m0/s1. The molecule has 1 aromatic carbocycles. The number of thiazole rings is 1. The molecule has 0 radical (unpaired) electrons. The number of fused-ring (bicyclic) bond motifs is 1. The highest BCUT2D eigenvalue weighted by Crippen LogP contribution is 2.33. The molecule has 11 nitrogen and oxygen atoms in total. The second-order valence-corrected chi connectivity index (χ2v) is 12.1. The number of aryl methyl sites for hydroxylation is 1. The number of amides is 1. The fourth-order valence-corrected chi connectivity index (χ4v) is 6.83. The molecule has 0 saturated carbocycles. The summed E-state index contributed by atoms with van der Waals surface area (Å²) in [4.78, 5) is 26.3. The summed E-state index contributed by atoms with van der Waals surface area (Å²) in [5.41, 5.74) is 3.07. The molecule has 1 amide bonds. The number of hydrogen-bond donors (Lipinski definition) is 2. The minimum atomic E-state index is -0.910. The third-order valence-corrected chi connectivity index (χ3v) is 9.42. The van der Waals surface area contributed by atoms with E-state index >= 15 is 0 Å². The van der Waals surface area contributed by atoms with Crippen LogP contribution in [0.4, 0.5) is 15.2 Å². The summed E-state index contributed by atoms with van der Waals surface area (Å²) in [6.07, 6.45) is 2.53. The van der Waals surface area contributed by atoms with Gasteiger partial charge in [-0.25, -0.2) is 9.37 Å². The van der Waals surface area contributed by atoms with Crippen molar-refractivity contribution in [1.82, 2.24) is 29.9 Å². The Morgan fingerprint density at radius 1 is 1.16 bits per heavy atom. The number of rotatable bonds is 9. The molecule has 2 aliphatic rings. The van der Waals surface area contributed by atoms with Gasteiger partial charge in [0.05, 0.1) is 29.9 Å². The number of likely N-dealkylation sites (tertiary alicyclic amines) is 1. The van der Waals surface area contributed by atoms with Crippen molar-refractivity contribution in [3.8, 4) is 11.5 Å². The molecule has 2 aliphatic heterocycles. The minimum Gasteiger partial charge on any atom is -0.381 e. The quantitative estimate of drug-likeness (QED) is 0.282. The van der Waals surface area contributed by atoms with Gasteiger partial charge in [-0.1, -0.05) is 11.2 Å². The number of carbonyl (C=O) groups excluding carboxylic acids is 1. The third-order valence-electron chi connectivity index (χ3n) is 8.52. The molecule has 2 saturated heterocycles. The number of nitrogens with one attached hydrogen (secondary N) is 2. The summed E-state index contributed by atoms with van der Waals surface area (Å²) >= 11 is 1.47. The number of aromatic nitrogens is 4. The Labute approximate surface area is 254 Å². The van der Waals surface area contributed by atoms with Crippen LogP contribution in [0.15, 0.2) is 34.2 Å². The Kier molecular flexibility index (Phi) is 8.91. The Balaban J connectivity index is 1.13. The van der Waals surface area contributed by atoms with Crippen molar-refractivity contribution in [3.63, 3.8) is 0 Å². The van der Waals surface area contributed by atoms with Gasteiger partial charge in [-0.2, -0.15) is 4.98 Å². The van der Waals surface area contributed by atoms with Gasteiger partial charge >= 0.3 is 0 Å². The van der Waals surface area contributed by atoms with E-state index in [4.69, 9.17) is 9.26 Å². The molecule has 0 bridgehead atoms. The van der Waals surface area contributed by atoms with Crippen molar-refractivity contribution in [2.75, 3.05) is 50.6 Å². The number of halogens is 1. The maximum absolute atomic E-state index is 15.0. The van der Waals surface area contributed by atoms with E-state index in [1.807, 2.05) is 31.3 Å².